The van der Waals surface area contributed by atoms with Gasteiger partial charge in [-0.15, -0.1) is 0 Å². The van der Waals surface area contributed by atoms with Gasteiger partial charge >= 0.3 is 0 Å². The molecule has 3 aromatic carbocycles. The van der Waals surface area contributed by atoms with Crippen LogP contribution in [0.4, 0.5) is 5.69 Å². The van der Waals surface area contributed by atoms with Crippen molar-refractivity contribution in [2.24, 2.45) is 0 Å². The van der Waals surface area contributed by atoms with Gasteiger partial charge in [0.2, 0.25) is 5.91 Å². The Balaban J connectivity index is 1.72. The highest BCUT2D eigenvalue weighted by molar-refractivity contribution is 7.92. The van der Waals surface area contributed by atoms with Crippen LogP contribution in [0, 0.1) is 13.8 Å². The number of halogens is 1. The number of aryl methyl sites for hydroxylation is 2. The number of benzene rings is 3. The number of ether oxygens (including phenoxy) is 1. The molecule has 32 heavy (non-hydrogen) atoms. The second-order valence-corrected chi connectivity index (χ2v) is 9.57. The molecule has 0 saturated carbocycles. The quantitative estimate of drug-likeness (QED) is 0.470. The van der Waals surface area contributed by atoms with Gasteiger partial charge in [-0.2, -0.15) is 0 Å². The summed E-state index contributed by atoms with van der Waals surface area (Å²) in [5.74, 6) is 0.282. The third-order valence-electron chi connectivity index (χ3n) is 4.76. The van der Waals surface area contributed by atoms with E-state index in [1.54, 1.807) is 25.1 Å². The van der Waals surface area contributed by atoms with Crippen LogP contribution in [0.1, 0.15) is 11.1 Å². The van der Waals surface area contributed by atoms with Crippen LogP contribution in [0.3, 0.4) is 0 Å². The fourth-order valence-electron chi connectivity index (χ4n) is 3.13. The van der Waals surface area contributed by atoms with E-state index >= 15 is 0 Å². The average Bonchev–Trinajstić information content (AvgIpc) is 2.76. The molecule has 3 aromatic rings. The molecule has 1 N–H and O–H groups in total. The van der Waals surface area contributed by atoms with Crippen LogP contribution < -0.4 is 14.4 Å². The molecule has 0 aliphatic heterocycles. The van der Waals surface area contributed by atoms with Gasteiger partial charge in [0.05, 0.1) is 17.1 Å². The monoisotopic (exact) mass is 472 g/mol. The summed E-state index contributed by atoms with van der Waals surface area (Å²) >= 11 is 5.91. The van der Waals surface area contributed by atoms with E-state index in [2.05, 4.69) is 5.32 Å². The first-order valence-corrected chi connectivity index (χ1v) is 11.9. The zero-order valence-corrected chi connectivity index (χ0v) is 19.5. The number of para-hydroxylation sites is 1. The van der Waals surface area contributed by atoms with E-state index in [1.807, 2.05) is 37.3 Å². The Bertz CT molecular complexity index is 1180. The highest BCUT2D eigenvalue weighted by atomic mass is 35.5. The van der Waals surface area contributed by atoms with Crippen molar-refractivity contribution in [3.05, 3.63) is 88.9 Å². The first-order valence-electron chi connectivity index (χ1n) is 10.1. The van der Waals surface area contributed by atoms with Gasteiger partial charge in [-0.3, -0.25) is 9.10 Å². The molecule has 168 valence electrons. The molecule has 0 radical (unpaired) electrons. The number of hydrogen-bond acceptors (Lipinski definition) is 4. The molecule has 6 nitrogen and oxygen atoms in total. The van der Waals surface area contributed by atoms with Crippen LogP contribution in [0.25, 0.3) is 0 Å². The topological polar surface area (TPSA) is 75.7 Å². The highest BCUT2D eigenvalue weighted by Gasteiger charge is 2.28. The van der Waals surface area contributed by atoms with Gasteiger partial charge in [-0.1, -0.05) is 41.9 Å². The van der Waals surface area contributed by atoms with Gasteiger partial charge in [0.15, 0.2) is 0 Å². The molecule has 0 saturated heterocycles. The molecule has 0 bridgehead atoms. The number of nitrogens with zero attached hydrogens (tertiary/aromatic N) is 1. The van der Waals surface area contributed by atoms with Crippen LogP contribution in [0.15, 0.2) is 77.7 Å². The van der Waals surface area contributed by atoms with Crippen molar-refractivity contribution in [1.29, 1.82) is 0 Å². The normalized spacial score (nSPS) is 11.1. The predicted octanol–water partition coefficient (Wildman–Crippen LogP) is 4.35. The van der Waals surface area contributed by atoms with Gasteiger partial charge in [0.25, 0.3) is 10.0 Å². The Morgan fingerprint density at radius 2 is 1.72 bits per heavy atom. The van der Waals surface area contributed by atoms with E-state index < -0.39 is 15.9 Å². The van der Waals surface area contributed by atoms with Gasteiger partial charge in [-0.05, 0) is 67.4 Å². The Kier molecular flexibility index (Phi) is 7.77. The summed E-state index contributed by atoms with van der Waals surface area (Å²) in [5, 5.41) is 3.16. The summed E-state index contributed by atoms with van der Waals surface area (Å²) in [6.45, 7) is 3.92. The van der Waals surface area contributed by atoms with Crippen LogP contribution in [0.2, 0.25) is 5.02 Å². The smallest absolute Gasteiger partial charge is 0.264 e. The molecule has 0 aliphatic carbocycles. The molecule has 0 aliphatic rings. The zero-order chi connectivity index (χ0) is 23.1. The van der Waals surface area contributed by atoms with Crippen LogP contribution in [-0.4, -0.2) is 34.0 Å². The third-order valence-corrected chi connectivity index (χ3v) is 6.78. The van der Waals surface area contributed by atoms with Gasteiger partial charge < -0.3 is 10.1 Å². The summed E-state index contributed by atoms with van der Waals surface area (Å²) in [6, 6.07) is 20.5. The summed E-state index contributed by atoms with van der Waals surface area (Å²) in [6.07, 6.45) is 0. The lowest BCUT2D eigenvalue weighted by Gasteiger charge is -2.25. The average molecular weight is 473 g/mol. The number of rotatable bonds is 9. The zero-order valence-electron chi connectivity index (χ0n) is 17.9. The second kappa shape index (κ2) is 10.5. The molecule has 8 heteroatoms. The van der Waals surface area contributed by atoms with E-state index in [0.717, 1.165) is 15.4 Å². The summed E-state index contributed by atoms with van der Waals surface area (Å²) in [7, 11) is -3.98. The standard InChI is InChI=1S/C24H25ClN2O4S/c1-18-6-5-8-21(16-18)31-15-14-26-24(28)17-27(23-9-4-3-7-19(23)2)32(29,30)22-12-10-20(25)11-13-22/h3-13,16H,14-15,17H2,1-2H3,(H,26,28). The van der Waals surface area contributed by atoms with E-state index in [1.165, 1.54) is 24.3 Å². The number of carbonyl (C=O) groups is 1. The highest BCUT2D eigenvalue weighted by Crippen LogP contribution is 2.27. The maximum atomic E-state index is 13.4. The van der Waals surface area contributed by atoms with Crippen LogP contribution >= 0.6 is 11.6 Å². The summed E-state index contributed by atoms with van der Waals surface area (Å²) in [5.41, 5.74) is 2.25. The minimum Gasteiger partial charge on any atom is -0.492 e. The maximum Gasteiger partial charge on any atom is 0.264 e. The lowest BCUT2D eigenvalue weighted by molar-refractivity contribution is -0.119. The second-order valence-electron chi connectivity index (χ2n) is 7.27. The Morgan fingerprint density at radius 1 is 1.00 bits per heavy atom. The Hall–Kier alpha value is -3.03. The third kappa shape index (κ3) is 6.02. The Morgan fingerprint density at radius 3 is 2.41 bits per heavy atom. The first kappa shape index (κ1) is 23.6. The molecular formula is C24H25ClN2O4S. The number of hydrogen-bond donors (Lipinski definition) is 1. The van der Waals surface area contributed by atoms with Crippen molar-refractivity contribution in [3.8, 4) is 5.75 Å². The first-order chi connectivity index (χ1) is 15.3. The molecule has 0 heterocycles. The van der Waals surface area contributed by atoms with Crippen molar-refractivity contribution >= 4 is 33.2 Å². The SMILES string of the molecule is Cc1cccc(OCCNC(=O)CN(c2ccccc2C)S(=O)(=O)c2ccc(Cl)cc2)c1. The minimum atomic E-state index is -3.98. The maximum absolute atomic E-state index is 13.4. The van der Waals surface area contributed by atoms with Crippen molar-refractivity contribution in [2.75, 3.05) is 24.0 Å². The van der Waals surface area contributed by atoms with E-state index in [4.69, 9.17) is 16.3 Å². The number of anilines is 1. The Labute approximate surface area is 193 Å². The molecule has 3 rings (SSSR count). The summed E-state index contributed by atoms with van der Waals surface area (Å²) < 4.78 is 33.5. The minimum absolute atomic E-state index is 0.0562. The van der Waals surface area contributed by atoms with Crippen LogP contribution in [-0.2, 0) is 14.8 Å². The number of sulfonamides is 1. The van der Waals surface area contributed by atoms with Crippen molar-refractivity contribution in [3.63, 3.8) is 0 Å². The number of nitrogens with one attached hydrogen (secondary N) is 1. The molecule has 0 atom stereocenters. The van der Waals surface area contributed by atoms with E-state index in [0.29, 0.717) is 16.5 Å². The van der Waals surface area contributed by atoms with E-state index in [9.17, 15) is 13.2 Å². The van der Waals surface area contributed by atoms with Gasteiger partial charge in [-0.25, -0.2) is 8.42 Å². The van der Waals surface area contributed by atoms with E-state index in [-0.39, 0.29) is 24.6 Å². The van der Waals surface area contributed by atoms with Gasteiger partial charge in [0.1, 0.15) is 18.9 Å². The van der Waals surface area contributed by atoms with Crippen molar-refractivity contribution in [2.45, 2.75) is 18.7 Å². The van der Waals surface area contributed by atoms with Gasteiger partial charge in [0, 0.05) is 5.02 Å². The lowest BCUT2D eigenvalue weighted by atomic mass is 10.2. The molecule has 0 fully saturated rings. The molecule has 1 amide bonds. The molecule has 0 aromatic heterocycles. The fraction of sp³-hybridized carbons (Fsp3) is 0.208. The number of amides is 1. The molecule has 0 unspecified atom stereocenters. The predicted molar refractivity (Wildman–Crippen MR) is 127 cm³/mol. The van der Waals surface area contributed by atoms with Crippen molar-refractivity contribution in [1.82, 2.24) is 5.32 Å². The molecular weight excluding hydrogens is 448 g/mol. The fourth-order valence-corrected chi connectivity index (χ4v) is 4.74. The summed E-state index contributed by atoms with van der Waals surface area (Å²) in [4.78, 5) is 12.7. The van der Waals surface area contributed by atoms with Crippen LogP contribution in [0.5, 0.6) is 5.75 Å². The largest absolute Gasteiger partial charge is 0.492 e. The number of carbonyl (C=O) groups excluding carboxylic acids is 1. The van der Waals surface area contributed by atoms with Crippen molar-refractivity contribution < 1.29 is 17.9 Å². The lowest BCUT2D eigenvalue weighted by Crippen LogP contribution is -2.42. The molecule has 0 spiro atoms.